The van der Waals surface area contributed by atoms with Crippen molar-refractivity contribution in [3.63, 3.8) is 0 Å². The molecule has 0 aliphatic carbocycles. The lowest BCUT2D eigenvalue weighted by atomic mass is 9.98. The Balaban J connectivity index is 1.33. The Hall–Kier alpha value is -3.67. The highest BCUT2D eigenvalue weighted by molar-refractivity contribution is 5.95. The van der Waals surface area contributed by atoms with Crippen molar-refractivity contribution in [1.82, 2.24) is 20.1 Å². The van der Waals surface area contributed by atoms with Crippen molar-refractivity contribution >= 4 is 22.4 Å². The van der Waals surface area contributed by atoms with E-state index in [4.69, 9.17) is 0 Å². The van der Waals surface area contributed by atoms with E-state index in [-0.39, 0.29) is 11.7 Å². The van der Waals surface area contributed by atoms with E-state index >= 15 is 0 Å². The molecule has 1 aliphatic rings. The van der Waals surface area contributed by atoms with Gasteiger partial charge in [-0.3, -0.25) is 9.89 Å². The van der Waals surface area contributed by atoms with Crippen LogP contribution >= 0.6 is 0 Å². The van der Waals surface area contributed by atoms with Crippen molar-refractivity contribution < 1.29 is 9.18 Å². The summed E-state index contributed by atoms with van der Waals surface area (Å²) in [5.74, 6) is -0.313. The van der Waals surface area contributed by atoms with Crippen LogP contribution < -0.4 is 0 Å². The predicted molar refractivity (Wildman–Crippen MR) is 116 cm³/mol. The number of carbonyl (C=O) groups is 1. The molecule has 3 heterocycles. The van der Waals surface area contributed by atoms with Crippen LogP contribution in [0.2, 0.25) is 0 Å². The molecule has 0 saturated carbocycles. The van der Waals surface area contributed by atoms with Crippen LogP contribution in [-0.4, -0.2) is 39.1 Å². The lowest BCUT2D eigenvalue weighted by Crippen LogP contribution is -2.34. The van der Waals surface area contributed by atoms with Crippen molar-refractivity contribution in [2.75, 3.05) is 13.1 Å². The van der Waals surface area contributed by atoms with Crippen LogP contribution in [0.5, 0.6) is 0 Å². The third-order valence-electron chi connectivity index (χ3n) is 5.64. The molecule has 2 N–H and O–H groups in total. The van der Waals surface area contributed by atoms with Crippen molar-refractivity contribution in [1.29, 1.82) is 0 Å². The van der Waals surface area contributed by atoms with Gasteiger partial charge in [0.15, 0.2) is 0 Å². The van der Waals surface area contributed by atoms with E-state index in [2.05, 4.69) is 21.3 Å². The minimum atomic E-state index is -0.255. The molecule has 0 fully saturated rings. The second-order valence-corrected chi connectivity index (χ2v) is 7.66. The molecule has 150 valence electrons. The number of benzene rings is 2. The molecule has 30 heavy (non-hydrogen) atoms. The number of hydrogen-bond donors (Lipinski definition) is 2. The third-order valence-corrected chi connectivity index (χ3v) is 5.64. The highest BCUT2D eigenvalue weighted by Crippen LogP contribution is 2.30. The van der Waals surface area contributed by atoms with Crippen LogP contribution in [0, 0.1) is 12.7 Å². The number of fused-ring (bicyclic) bond motifs is 1. The molecule has 2 aromatic heterocycles. The average molecular weight is 400 g/mol. The van der Waals surface area contributed by atoms with E-state index < -0.39 is 0 Å². The number of aromatic nitrogens is 3. The second kappa shape index (κ2) is 7.30. The number of carbonyl (C=O) groups excluding carboxylic acids is 1. The predicted octanol–water partition coefficient (Wildman–Crippen LogP) is 4.94. The number of aromatic amines is 2. The van der Waals surface area contributed by atoms with Gasteiger partial charge in [-0.25, -0.2) is 4.39 Å². The number of hydrogen-bond acceptors (Lipinski definition) is 2. The summed E-state index contributed by atoms with van der Waals surface area (Å²) < 4.78 is 13.4. The lowest BCUT2D eigenvalue weighted by molar-refractivity contribution is 0.0767. The number of aryl methyl sites for hydroxylation is 1. The summed E-state index contributed by atoms with van der Waals surface area (Å²) in [6.07, 6.45) is 4.73. The molecular weight excluding hydrogens is 379 g/mol. The van der Waals surface area contributed by atoms with E-state index in [1.807, 2.05) is 42.3 Å². The summed E-state index contributed by atoms with van der Waals surface area (Å²) in [5.41, 5.74) is 6.43. The Bertz CT molecular complexity index is 1270. The maximum atomic E-state index is 13.4. The van der Waals surface area contributed by atoms with Gasteiger partial charge in [0.05, 0.1) is 5.69 Å². The van der Waals surface area contributed by atoms with Crippen molar-refractivity contribution in [2.45, 2.75) is 13.3 Å². The van der Waals surface area contributed by atoms with Crippen molar-refractivity contribution in [3.8, 4) is 11.3 Å². The molecular formula is C24H21FN4O. The van der Waals surface area contributed by atoms with E-state index in [0.717, 1.165) is 34.1 Å². The molecule has 0 spiro atoms. The fourth-order valence-corrected chi connectivity index (χ4v) is 3.94. The van der Waals surface area contributed by atoms with Crippen LogP contribution in [0.25, 0.3) is 27.7 Å². The molecule has 1 amide bonds. The molecule has 0 radical (unpaired) electrons. The molecule has 2 aromatic carbocycles. The first-order valence-electron chi connectivity index (χ1n) is 9.96. The number of rotatable bonds is 3. The minimum Gasteiger partial charge on any atom is -0.360 e. The van der Waals surface area contributed by atoms with Crippen LogP contribution in [0.1, 0.15) is 28.0 Å². The lowest BCUT2D eigenvalue weighted by Gasteiger charge is -2.26. The summed E-state index contributed by atoms with van der Waals surface area (Å²) in [6.45, 7) is 3.19. The van der Waals surface area contributed by atoms with E-state index in [1.54, 1.807) is 12.1 Å². The van der Waals surface area contributed by atoms with Crippen LogP contribution in [-0.2, 0) is 0 Å². The Morgan fingerprint density at radius 2 is 1.97 bits per heavy atom. The minimum absolute atomic E-state index is 0.0582. The topological polar surface area (TPSA) is 64.8 Å². The molecule has 0 unspecified atom stereocenters. The van der Waals surface area contributed by atoms with Gasteiger partial charge < -0.3 is 9.88 Å². The first-order chi connectivity index (χ1) is 14.6. The second-order valence-electron chi connectivity index (χ2n) is 7.66. The van der Waals surface area contributed by atoms with Gasteiger partial charge in [-0.15, -0.1) is 0 Å². The largest absolute Gasteiger partial charge is 0.360 e. The van der Waals surface area contributed by atoms with Gasteiger partial charge in [0.2, 0.25) is 0 Å². The number of nitrogens with zero attached hydrogens (tertiary/aromatic N) is 2. The Morgan fingerprint density at radius 3 is 2.73 bits per heavy atom. The highest BCUT2D eigenvalue weighted by atomic mass is 19.1. The summed E-state index contributed by atoms with van der Waals surface area (Å²) in [7, 11) is 0. The van der Waals surface area contributed by atoms with Crippen LogP contribution in [0.3, 0.4) is 0 Å². The van der Waals surface area contributed by atoms with Gasteiger partial charge in [0.1, 0.15) is 11.5 Å². The third kappa shape index (κ3) is 3.30. The standard InChI is InChI=1S/C24H21FN4O/c1-15-2-4-17(5-3-15)21-13-23(28-27-21)24(30)29-10-8-16(9-11-29)20-14-26-22-12-18(25)6-7-19(20)22/h2-8,12-14,26H,9-11H2,1H3,(H,27,28). The van der Waals surface area contributed by atoms with Crippen LogP contribution in [0.4, 0.5) is 4.39 Å². The number of halogens is 1. The zero-order chi connectivity index (χ0) is 20.7. The summed E-state index contributed by atoms with van der Waals surface area (Å²) in [6, 6.07) is 14.6. The molecule has 0 bridgehead atoms. The van der Waals surface area contributed by atoms with E-state index in [0.29, 0.717) is 18.8 Å². The maximum Gasteiger partial charge on any atom is 0.272 e. The monoisotopic (exact) mass is 400 g/mol. The number of nitrogens with one attached hydrogen (secondary N) is 2. The quantitative estimate of drug-likeness (QED) is 0.512. The van der Waals surface area contributed by atoms with Gasteiger partial charge in [0, 0.05) is 41.3 Å². The SMILES string of the molecule is Cc1ccc(-c2cc(C(=O)N3CC=C(c4c[nH]c5cc(F)ccc45)CC3)[nH]n2)cc1. The first-order valence-corrected chi connectivity index (χ1v) is 9.96. The maximum absolute atomic E-state index is 13.4. The van der Waals surface area contributed by atoms with Gasteiger partial charge in [-0.05, 0) is 43.2 Å². The molecule has 0 saturated heterocycles. The number of amides is 1. The Labute approximate surface area is 173 Å². The zero-order valence-corrected chi connectivity index (χ0v) is 16.6. The Morgan fingerprint density at radius 1 is 1.13 bits per heavy atom. The van der Waals surface area contributed by atoms with Gasteiger partial charge >= 0.3 is 0 Å². The zero-order valence-electron chi connectivity index (χ0n) is 16.6. The van der Waals surface area contributed by atoms with Gasteiger partial charge in [-0.2, -0.15) is 5.10 Å². The summed E-state index contributed by atoms with van der Waals surface area (Å²) >= 11 is 0. The fourth-order valence-electron chi connectivity index (χ4n) is 3.94. The fraction of sp³-hybridized carbons (Fsp3) is 0.167. The number of H-pyrrole nitrogens is 2. The summed E-state index contributed by atoms with van der Waals surface area (Å²) in [5, 5.41) is 8.19. The molecule has 0 atom stereocenters. The molecule has 4 aromatic rings. The molecule has 1 aliphatic heterocycles. The highest BCUT2D eigenvalue weighted by Gasteiger charge is 2.22. The average Bonchev–Trinajstić information content (AvgIpc) is 3.41. The normalized spacial score (nSPS) is 14.2. The molecule has 6 heteroatoms. The van der Waals surface area contributed by atoms with Crippen LogP contribution in [0.15, 0.2) is 60.8 Å². The van der Waals surface area contributed by atoms with Gasteiger partial charge in [0.25, 0.3) is 5.91 Å². The molecule has 5 nitrogen and oxygen atoms in total. The molecule has 5 rings (SSSR count). The smallest absolute Gasteiger partial charge is 0.272 e. The summed E-state index contributed by atoms with van der Waals surface area (Å²) in [4.78, 5) is 17.9. The Kier molecular flexibility index (Phi) is 4.47. The first kappa shape index (κ1) is 18.4. The van der Waals surface area contributed by atoms with Gasteiger partial charge in [-0.1, -0.05) is 35.9 Å². The van der Waals surface area contributed by atoms with E-state index in [9.17, 15) is 9.18 Å². The van der Waals surface area contributed by atoms with Crippen molar-refractivity contribution in [3.05, 3.63) is 83.4 Å². The van der Waals surface area contributed by atoms with E-state index in [1.165, 1.54) is 23.3 Å². The van der Waals surface area contributed by atoms with Crippen molar-refractivity contribution in [2.24, 2.45) is 0 Å².